The number of ether oxygens (including phenoxy) is 1. The summed E-state index contributed by atoms with van der Waals surface area (Å²) in [7, 11) is 0. The molecule has 1 aromatic heterocycles. The van der Waals surface area contributed by atoms with Crippen molar-refractivity contribution in [3.63, 3.8) is 0 Å². The van der Waals surface area contributed by atoms with Gasteiger partial charge < -0.3 is 15.0 Å². The van der Waals surface area contributed by atoms with Crippen molar-refractivity contribution in [3.05, 3.63) is 24.5 Å². The van der Waals surface area contributed by atoms with Gasteiger partial charge in [0.2, 0.25) is 11.8 Å². The summed E-state index contributed by atoms with van der Waals surface area (Å²) in [5, 5.41) is 3.97. The lowest BCUT2D eigenvalue weighted by Gasteiger charge is -2.37. The molecule has 0 unspecified atom stereocenters. The van der Waals surface area contributed by atoms with Crippen LogP contribution in [-0.4, -0.2) is 90.7 Å². The lowest BCUT2D eigenvalue weighted by Crippen LogP contribution is -2.48. The van der Waals surface area contributed by atoms with E-state index in [9.17, 15) is 4.79 Å². The van der Waals surface area contributed by atoms with Crippen LogP contribution in [0.1, 0.15) is 32.1 Å². The van der Waals surface area contributed by atoms with Crippen LogP contribution in [0.2, 0.25) is 0 Å². The average Bonchev–Trinajstić information content (AvgIpc) is 3.25. The summed E-state index contributed by atoms with van der Waals surface area (Å²) in [4.78, 5) is 27.8. The third-order valence-corrected chi connectivity index (χ3v) is 7.04. The smallest absolute Gasteiger partial charge is 0.224 e. The van der Waals surface area contributed by atoms with E-state index in [0.29, 0.717) is 12.5 Å². The van der Waals surface area contributed by atoms with E-state index in [1.807, 2.05) is 0 Å². The molecule has 0 radical (unpaired) electrons. The zero-order valence-corrected chi connectivity index (χ0v) is 18.8. The molecule has 1 saturated carbocycles. The van der Waals surface area contributed by atoms with Gasteiger partial charge in [0.05, 0.1) is 10.9 Å². The first-order valence-corrected chi connectivity index (χ1v) is 12.1. The van der Waals surface area contributed by atoms with Gasteiger partial charge in [-0.25, -0.2) is 9.97 Å². The van der Waals surface area contributed by atoms with Crippen LogP contribution in [-0.2, 0) is 4.79 Å². The number of carbonyl (C=O) groups excluding carboxylic acids is 1. The second-order valence-corrected chi connectivity index (χ2v) is 9.17. The Kier molecular flexibility index (Phi) is 6.69. The lowest BCUT2D eigenvalue weighted by atomic mass is 10.2. The van der Waals surface area contributed by atoms with Gasteiger partial charge in [-0.15, -0.1) is 0 Å². The highest BCUT2D eigenvalue weighted by atomic mass is 16.5. The van der Waals surface area contributed by atoms with Crippen LogP contribution < -0.4 is 15.0 Å². The maximum Gasteiger partial charge on any atom is 0.224 e. The van der Waals surface area contributed by atoms with Crippen LogP contribution in [0.15, 0.2) is 24.5 Å². The SMILES string of the molecule is O=C1CCN(CCN2CCN(c3ccc4ncnc(OC5CCCC5)c4c3)CC2)CCN1. The molecule has 1 aliphatic carbocycles. The molecule has 3 fully saturated rings. The molecule has 1 N–H and O–H groups in total. The zero-order chi connectivity index (χ0) is 21.8. The summed E-state index contributed by atoms with van der Waals surface area (Å²) in [6.45, 7) is 8.82. The molecule has 5 rings (SSSR count). The van der Waals surface area contributed by atoms with E-state index in [1.54, 1.807) is 6.33 Å². The normalized spacial score (nSPS) is 21.6. The third kappa shape index (κ3) is 5.13. The Morgan fingerprint density at radius 2 is 1.75 bits per heavy atom. The van der Waals surface area contributed by atoms with Gasteiger partial charge in [0.1, 0.15) is 12.4 Å². The number of aromatic nitrogens is 2. The number of hydrogen-bond donors (Lipinski definition) is 1. The Bertz CT molecular complexity index is 924. The summed E-state index contributed by atoms with van der Waals surface area (Å²) in [5.41, 5.74) is 2.17. The molecule has 8 nitrogen and oxygen atoms in total. The molecule has 0 atom stereocenters. The Balaban J connectivity index is 1.18. The molecule has 0 bridgehead atoms. The van der Waals surface area contributed by atoms with Gasteiger partial charge in [0.15, 0.2) is 0 Å². The van der Waals surface area contributed by atoms with E-state index in [4.69, 9.17) is 4.74 Å². The summed E-state index contributed by atoms with van der Waals surface area (Å²) in [6, 6.07) is 6.47. The van der Waals surface area contributed by atoms with Crippen molar-refractivity contribution in [2.75, 3.05) is 63.8 Å². The van der Waals surface area contributed by atoms with E-state index in [-0.39, 0.29) is 5.91 Å². The molecule has 1 amide bonds. The highest BCUT2D eigenvalue weighted by molar-refractivity contribution is 5.86. The first-order chi connectivity index (χ1) is 15.7. The number of amides is 1. The van der Waals surface area contributed by atoms with Gasteiger partial charge in [0.25, 0.3) is 0 Å². The van der Waals surface area contributed by atoms with Crippen LogP contribution in [0.3, 0.4) is 0 Å². The van der Waals surface area contributed by atoms with Crippen LogP contribution in [0.5, 0.6) is 5.88 Å². The molecule has 2 aromatic rings. The summed E-state index contributed by atoms with van der Waals surface area (Å²) in [5.74, 6) is 0.909. The summed E-state index contributed by atoms with van der Waals surface area (Å²) >= 11 is 0. The number of piperazine rings is 1. The number of nitrogens with zero attached hydrogens (tertiary/aromatic N) is 5. The topological polar surface area (TPSA) is 73.8 Å². The van der Waals surface area contributed by atoms with Crippen molar-refractivity contribution in [1.29, 1.82) is 0 Å². The molecule has 3 aliphatic rings. The number of benzene rings is 1. The minimum atomic E-state index is 0.179. The number of rotatable bonds is 6. The first-order valence-electron chi connectivity index (χ1n) is 12.1. The molecule has 0 spiro atoms. The van der Waals surface area contributed by atoms with Gasteiger partial charge in [-0.3, -0.25) is 14.6 Å². The molecule has 32 heavy (non-hydrogen) atoms. The zero-order valence-electron chi connectivity index (χ0n) is 18.8. The van der Waals surface area contributed by atoms with Crippen molar-refractivity contribution >= 4 is 22.5 Å². The molecule has 172 valence electrons. The predicted molar refractivity (Wildman–Crippen MR) is 125 cm³/mol. The van der Waals surface area contributed by atoms with E-state index >= 15 is 0 Å². The van der Waals surface area contributed by atoms with E-state index in [1.165, 1.54) is 18.5 Å². The van der Waals surface area contributed by atoms with Gasteiger partial charge in [-0.05, 0) is 43.9 Å². The van der Waals surface area contributed by atoms with Crippen molar-refractivity contribution in [2.24, 2.45) is 0 Å². The predicted octanol–water partition coefficient (Wildman–Crippen LogP) is 1.90. The number of anilines is 1. The number of carbonyl (C=O) groups is 1. The maximum atomic E-state index is 11.5. The van der Waals surface area contributed by atoms with E-state index in [2.05, 4.69) is 48.2 Å². The van der Waals surface area contributed by atoms with Crippen molar-refractivity contribution < 1.29 is 9.53 Å². The molecule has 3 heterocycles. The minimum absolute atomic E-state index is 0.179. The standard InChI is InChI=1S/C24H34N6O2/c31-23-7-9-28(10-8-25-23)11-12-29-13-15-30(16-14-29)19-5-6-22-21(17-19)24(27-18-26-22)32-20-3-1-2-4-20/h5-6,17-18,20H,1-4,7-16H2,(H,25,31). The quantitative estimate of drug-likeness (QED) is 0.738. The molecular formula is C24H34N6O2. The third-order valence-electron chi connectivity index (χ3n) is 7.04. The first kappa shape index (κ1) is 21.4. The van der Waals surface area contributed by atoms with Crippen LogP contribution in [0.4, 0.5) is 5.69 Å². The van der Waals surface area contributed by atoms with E-state index in [0.717, 1.165) is 88.5 Å². The molecule has 1 aromatic carbocycles. The molecule has 2 saturated heterocycles. The molecule has 2 aliphatic heterocycles. The van der Waals surface area contributed by atoms with Gasteiger partial charge in [-0.1, -0.05) is 0 Å². The average molecular weight is 439 g/mol. The molecule has 8 heteroatoms. The Morgan fingerprint density at radius 3 is 2.56 bits per heavy atom. The van der Waals surface area contributed by atoms with Crippen molar-refractivity contribution in [2.45, 2.75) is 38.2 Å². The monoisotopic (exact) mass is 438 g/mol. The molecular weight excluding hydrogens is 404 g/mol. The Morgan fingerprint density at radius 1 is 0.969 bits per heavy atom. The fourth-order valence-corrected chi connectivity index (χ4v) is 5.03. The fourth-order valence-electron chi connectivity index (χ4n) is 5.03. The highest BCUT2D eigenvalue weighted by Gasteiger charge is 2.21. The Labute approximate surface area is 189 Å². The largest absolute Gasteiger partial charge is 0.474 e. The van der Waals surface area contributed by atoms with Gasteiger partial charge >= 0.3 is 0 Å². The summed E-state index contributed by atoms with van der Waals surface area (Å²) in [6.07, 6.45) is 7.26. The van der Waals surface area contributed by atoms with E-state index < -0.39 is 0 Å². The van der Waals surface area contributed by atoms with Crippen molar-refractivity contribution in [1.82, 2.24) is 25.1 Å². The Hall–Kier alpha value is -2.45. The number of nitrogens with one attached hydrogen (secondary N) is 1. The highest BCUT2D eigenvalue weighted by Crippen LogP contribution is 2.30. The second-order valence-electron chi connectivity index (χ2n) is 9.17. The number of hydrogen-bond acceptors (Lipinski definition) is 7. The van der Waals surface area contributed by atoms with Crippen LogP contribution in [0.25, 0.3) is 10.9 Å². The maximum absolute atomic E-state index is 11.5. The van der Waals surface area contributed by atoms with Gasteiger partial charge in [0, 0.05) is 71.0 Å². The second kappa shape index (κ2) is 10.0. The van der Waals surface area contributed by atoms with Crippen LogP contribution in [0, 0.1) is 0 Å². The number of fused-ring (bicyclic) bond motifs is 1. The van der Waals surface area contributed by atoms with Crippen LogP contribution >= 0.6 is 0 Å². The minimum Gasteiger partial charge on any atom is -0.474 e. The lowest BCUT2D eigenvalue weighted by molar-refractivity contribution is -0.120. The van der Waals surface area contributed by atoms with Gasteiger partial charge in [-0.2, -0.15) is 0 Å². The summed E-state index contributed by atoms with van der Waals surface area (Å²) < 4.78 is 6.25. The fraction of sp³-hybridized carbons (Fsp3) is 0.625. The van der Waals surface area contributed by atoms with Crippen molar-refractivity contribution in [3.8, 4) is 5.88 Å².